The fourth-order valence-electron chi connectivity index (χ4n) is 4.32. The normalized spacial score (nSPS) is 17.3. The molecule has 0 bridgehead atoms. The summed E-state index contributed by atoms with van der Waals surface area (Å²) in [4.78, 5) is 30.7. The third-order valence-electron chi connectivity index (χ3n) is 5.96. The Balaban J connectivity index is 1.51. The van der Waals surface area contributed by atoms with Crippen LogP contribution < -0.4 is 10.2 Å². The fraction of sp³-hybridized carbons (Fsp3) is 0.409. The van der Waals surface area contributed by atoms with Crippen molar-refractivity contribution >= 4 is 49.3 Å². The van der Waals surface area contributed by atoms with E-state index in [-0.39, 0.29) is 35.7 Å². The molecule has 2 amide bonds. The Morgan fingerprint density at radius 1 is 1.16 bits per heavy atom. The lowest BCUT2D eigenvalue weighted by Crippen LogP contribution is -2.42. The van der Waals surface area contributed by atoms with Crippen molar-refractivity contribution in [2.45, 2.75) is 38.0 Å². The van der Waals surface area contributed by atoms with Gasteiger partial charge in [-0.1, -0.05) is 22.0 Å². The summed E-state index contributed by atoms with van der Waals surface area (Å²) in [6, 6.07) is 8.85. The van der Waals surface area contributed by atoms with Gasteiger partial charge in [-0.2, -0.15) is 4.31 Å². The van der Waals surface area contributed by atoms with Gasteiger partial charge in [0.25, 0.3) is 0 Å². The monoisotopic (exact) mass is 520 g/mol. The molecule has 1 fully saturated rings. The largest absolute Gasteiger partial charge is 0.311 e. The molecule has 0 radical (unpaired) electrons. The molecule has 4 rings (SSSR count). The zero-order valence-corrected chi connectivity index (χ0v) is 20.4. The van der Waals surface area contributed by atoms with Crippen molar-refractivity contribution in [3.8, 4) is 0 Å². The van der Waals surface area contributed by atoms with Crippen LogP contribution in [0.4, 0.5) is 11.5 Å². The highest BCUT2D eigenvalue weighted by Crippen LogP contribution is 2.39. The number of carbonyl (C=O) groups is 2. The summed E-state index contributed by atoms with van der Waals surface area (Å²) in [5.74, 6) is -0.112. The molecular formula is C22H25BrN4O4S. The molecular weight excluding hydrogens is 496 g/mol. The molecule has 0 aliphatic carbocycles. The molecule has 0 atom stereocenters. The van der Waals surface area contributed by atoms with Gasteiger partial charge in [0.1, 0.15) is 10.7 Å². The Hall–Kier alpha value is -2.30. The molecule has 170 valence electrons. The standard InChI is InChI=1S/C22H25BrN4O4S/c1-14-4-3-5-20(24-14)25-22(29)16-6-9-26(10-7-16)32(30,31)19-13-18(23)12-17-8-11-27(15(2)28)21(17)19/h3-5,12-13,16H,6-11H2,1-2H3,(H,24,25,29). The molecule has 8 nitrogen and oxygen atoms in total. The highest BCUT2D eigenvalue weighted by Gasteiger charge is 2.37. The number of hydrogen-bond acceptors (Lipinski definition) is 5. The molecule has 3 heterocycles. The van der Waals surface area contributed by atoms with E-state index in [0.717, 1.165) is 11.3 Å². The quantitative estimate of drug-likeness (QED) is 0.667. The summed E-state index contributed by atoms with van der Waals surface area (Å²) in [5.41, 5.74) is 2.13. The third kappa shape index (κ3) is 4.44. The first-order valence-corrected chi connectivity index (χ1v) is 12.8. The van der Waals surface area contributed by atoms with Crippen LogP contribution >= 0.6 is 15.9 Å². The Labute approximate surface area is 196 Å². The predicted molar refractivity (Wildman–Crippen MR) is 125 cm³/mol. The SMILES string of the molecule is CC(=O)N1CCc2cc(Br)cc(S(=O)(=O)N3CCC(C(=O)Nc4cccc(C)n4)CC3)c21. The topological polar surface area (TPSA) is 99.7 Å². The second kappa shape index (κ2) is 8.92. The predicted octanol–water partition coefficient (Wildman–Crippen LogP) is 3.10. The second-order valence-corrected chi connectivity index (χ2v) is 11.0. The van der Waals surface area contributed by atoms with E-state index >= 15 is 0 Å². The first-order chi connectivity index (χ1) is 15.2. The van der Waals surface area contributed by atoms with Crippen LogP contribution in [0.2, 0.25) is 0 Å². The van der Waals surface area contributed by atoms with Gasteiger partial charge >= 0.3 is 0 Å². The van der Waals surface area contributed by atoms with Gasteiger partial charge in [-0.3, -0.25) is 9.59 Å². The number of aryl methyl sites for hydroxylation is 1. The Kier molecular flexibility index (Phi) is 6.37. The summed E-state index contributed by atoms with van der Waals surface area (Å²) in [6.07, 6.45) is 1.46. The Morgan fingerprint density at radius 3 is 2.53 bits per heavy atom. The van der Waals surface area contributed by atoms with Crippen LogP contribution in [0.15, 0.2) is 39.7 Å². The molecule has 0 unspecified atom stereocenters. The van der Waals surface area contributed by atoms with Crippen LogP contribution in [0.5, 0.6) is 0 Å². The summed E-state index contributed by atoms with van der Waals surface area (Å²) < 4.78 is 29.1. The van der Waals surface area contributed by atoms with Gasteiger partial charge in [0.15, 0.2) is 0 Å². The second-order valence-electron chi connectivity index (χ2n) is 8.16. The molecule has 0 saturated carbocycles. The van der Waals surface area contributed by atoms with Crippen LogP contribution in [0.3, 0.4) is 0 Å². The molecule has 0 spiro atoms. The van der Waals surface area contributed by atoms with Gasteiger partial charge in [0.05, 0.1) is 5.69 Å². The lowest BCUT2D eigenvalue weighted by Gasteiger charge is -2.31. The number of sulfonamides is 1. The number of halogens is 1. The van der Waals surface area contributed by atoms with Crippen molar-refractivity contribution in [2.75, 3.05) is 29.9 Å². The minimum atomic E-state index is -3.82. The molecule has 1 N–H and O–H groups in total. The number of anilines is 2. The number of hydrogen-bond donors (Lipinski definition) is 1. The number of carbonyl (C=O) groups excluding carboxylic acids is 2. The van der Waals surface area contributed by atoms with Gasteiger partial charge in [0, 0.05) is 42.6 Å². The van der Waals surface area contributed by atoms with Crippen LogP contribution in [-0.4, -0.2) is 49.2 Å². The average molecular weight is 521 g/mol. The van der Waals surface area contributed by atoms with Gasteiger partial charge in [-0.25, -0.2) is 13.4 Å². The Morgan fingerprint density at radius 2 is 1.88 bits per heavy atom. The number of benzene rings is 1. The molecule has 1 aromatic carbocycles. The van der Waals surface area contributed by atoms with Crippen molar-refractivity contribution in [2.24, 2.45) is 5.92 Å². The maximum atomic E-state index is 13.5. The summed E-state index contributed by atoms with van der Waals surface area (Å²) in [7, 11) is -3.82. The minimum absolute atomic E-state index is 0.140. The fourth-order valence-corrected chi connectivity index (χ4v) is 6.71. The van der Waals surface area contributed by atoms with Crippen LogP contribution in [-0.2, 0) is 26.0 Å². The van der Waals surface area contributed by atoms with Crippen molar-refractivity contribution in [3.05, 3.63) is 46.1 Å². The summed E-state index contributed by atoms with van der Waals surface area (Å²) >= 11 is 3.41. The number of piperidine rings is 1. The number of pyridine rings is 1. The lowest BCUT2D eigenvalue weighted by atomic mass is 9.97. The van der Waals surface area contributed by atoms with E-state index < -0.39 is 10.0 Å². The van der Waals surface area contributed by atoms with Gasteiger partial charge in [0.2, 0.25) is 21.8 Å². The van der Waals surface area contributed by atoms with Gasteiger partial charge in [-0.15, -0.1) is 0 Å². The number of aromatic nitrogens is 1. The minimum Gasteiger partial charge on any atom is -0.311 e. The molecule has 2 aliphatic heterocycles. The van der Waals surface area contributed by atoms with Crippen molar-refractivity contribution in [1.82, 2.24) is 9.29 Å². The number of nitrogens with zero attached hydrogens (tertiary/aromatic N) is 3. The number of rotatable bonds is 4. The van der Waals surface area contributed by atoms with E-state index in [0.29, 0.717) is 41.8 Å². The molecule has 32 heavy (non-hydrogen) atoms. The molecule has 10 heteroatoms. The highest BCUT2D eigenvalue weighted by molar-refractivity contribution is 9.10. The smallest absolute Gasteiger partial charge is 0.245 e. The van der Waals surface area contributed by atoms with Crippen molar-refractivity contribution in [3.63, 3.8) is 0 Å². The maximum absolute atomic E-state index is 13.5. The molecule has 1 saturated heterocycles. The van der Waals surface area contributed by atoms with Crippen molar-refractivity contribution in [1.29, 1.82) is 0 Å². The zero-order valence-electron chi connectivity index (χ0n) is 18.0. The number of fused-ring (bicyclic) bond motifs is 1. The van der Waals surface area contributed by atoms with Crippen LogP contribution in [0.25, 0.3) is 0 Å². The average Bonchev–Trinajstić information content (AvgIpc) is 3.17. The maximum Gasteiger partial charge on any atom is 0.245 e. The van der Waals surface area contributed by atoms with E-state index in [2.05, 4.69) is 26.2 Å². The lowest BCUT2D eigenvalue weighted by molar-refractivity contribution is -0.121. The highest BCUT2D eigenvalue weighted by atomic mass is 79.9. The Bertz CT molecular complexity index is 1180. The summed E-state index contributed by atoms with van der Waals surface area (Å²) in [5, 5.41) is 2.83. The molecule has 2 aromatic rings. The summed E-state index contributed by atoms with van der Waals surface area (Å²) in [6.45, 7) is 4.25. The van der Waals surface area contributed by atoms with Gasteiger partial charge in [-0.05, 0) is 56.0 Å². The number of nitrogens with one attached hydrogen (secondary N) is 1. The van der Waals surface area contributed by atoms with Crippen molar-refractivity contribution < 1.29 is 18.0 Å². The van der Waals surface area contributed by atoms with E-state index in [1.807, 2.05) is 25.1 Å². The first-order valence-electron chi connectivity index (χ1n) is 10.5. The van der Waals surface area contributed by atoms with Gasteiger partial charge < -0.3 is 10.2 Å². The zero-order chi connectivity index (χ0) is 23.0. The third-order valence-corrected chi connectivity index (χ3v) is 8.33. The van der Waals surface area contributed by atoms with Crippen LogP contribution in [0, 0.1) is 12.8 Å². The number of amides is 2. The molecule has 2 aliphatic rings. The van der Waals surface area contributed by atoms with E-state index in [9.17, 15) is 18.0 Å². The van der Waals surface area contributed by atoms with E-state index in [1.54, 1.807) is 12.1 Å². The first kappa shape index (κ1) is 22.9. The molecule has 1 aromatic heterocycles. The van der Waals surface area contributed by atoms with Crippen LogP contribution in [0.1, 0.15) is 31.0 Å². The van der Waals surface area contributed by atoms with E-state index in [1.165, 1.54) is 16.1 Å². The van der Waals surface area contributed by atoms with E-state index in [4.69, 9.17) is 0 Å².